The molecule has 0 saturated carbocycles. The highest BCUT2D eigenvalue weighted by Crippen LogP contribution is 2.11. The first-order chi connectivity index (χ1) is 13.8. The van der Waals surface area contributed by atoms with Gasteiger partial charge in [0.25, 0.3) is 0 Å². The molecule has 0 aromatic rings. The molecular formula is C23H46O6. The van der Waals surface area contributed by atoms with E-state index in [1.54, 1.807) is 0 Å². The lowest BCUT2D eigenvalue weighted by Crippen LogP contribution is -2.12. The third-order valence-corrected chi connectivity index (χ3v) is 4.85. The Bertz CT molecular complexity index is 372. The molecule has 0 aliphatic rings. The van der Waals surface area contributed by atoms with E-state index < -0.39 is 24.1 Å². The normalized spacial score (nSPS) is 12.7. The average Bonchev–Trinajstić information content (AvgIpc) is 2.63. The number of hydrogen-bond acceptors (Lipinski definition) is 4. The summed E-state index contributed by atoms with van der Waals surface area (Å²) in [5, 5.41) is 35.3. The molecule has 0 amide bonds. The standard InChI is InChI=1S/C12H24O3.C11H22O3/c1-2-3-4-5-6-7-8-9-11(13)10-12(14)15;1-2-3-4-5-6-7-8-10(12)9-11(13)14/h11,13H,2-10H2,1H3,(H,14,15);10,12H,2-9H2,1H3,(H,13,14). The molecule has 29 heavy (non-hydrogen) atoms. The molecule has 6 heteroatoms. The van der Waals surface area contributed by atoms with Crippen LogP contribution in [0.5, 0.6) is 0 Å². The fourth-order valence-corrected chi connectivity index (χ4v) is 3.10. The predicted molar refractivity (Wildman–Crippen MR) is 117 cm³/mol. The summed E-state index contributed by atoms with van der Waals surface area (Å²) in [7, 11) is 0. The molecule has 6 nitrogen and oxygen atoms in total. The zero-order valence-corrected chi connectivity index (χ0v) is 18.8. The van der Waals surface area contributed by atoms with E-state index >= 15 is 0 Å². The number of unbranched alkanes of at least 4 members (excludes halogenated alkanes) is 11. The highest BCUT2D eigenvalue weighted by Gasteiger charge is 2.09. The van der Waals surface area contributed by atoms with Crippen molar-refractivity contribution in [2.75, 3.05) is 0 Å². The smallest absolute Gasteiger partial charge is 0.305 e. The Morgan fingerprint density at radius 3 is 1.10 bits per heavy atom. The van der Waals surface area contributed by atoms with Gasteiger partial charge in [-0.1, -0.05) is 97.3 Å². The Morgan fingerprint density at radius 2 is 0.828 bits per heavy atom. The second kappa shape index (κ2) is 23.1. The zero-order valence-electron chi connectivity index (χ0n) is 18.8. The molecular weight excluding hydrogens is 372 g/mol. The molecule has 2 atom stereocenters. The Balaban J connectivity index is 0. The second-order valence-corrected chi connectivity index (χ2v) is 7.97. The van der Waals surface area contributed by atoms with Crippen molar-refractivity contribution in [1.82, 2.24) is 0 Å². The van der Waals surface area contributed by atoms with Crippen LogP contribution in [0.3, 0.4) is 0 Å². The summed E-state index contributed by atoms with van der Waals surface area (Å²) in [6.07, 6.45) is 15.1. The van der Waals surface area contributed by atoms with Gasteiger partial charge in [0.15, 0.2) is 0 Å². The fraction of sp³-hybridized carbons (Fsp3) is 0.913. The number of carboxylic acid groups (broad SMARTS) is 2. The summed E-state index contributed by atoms with van der Waals surface area (Å²) >= 11 is 0. The van der Waals surface area contributed by atoms with Crippen LogP contribution in [0.4, 0.5) is 0 Å². The van der Waals surface area contributed by atoms with Crippen LogP contribution in [0.1, 0.15) is 123 Å². The Labute approximate surface area is 177 Å². The minimum absolute atomic E-state index is 0.115. The maximum absolute atomic E-state index is 10.3. The van der Waals surface area contributed by atoms with Crippen LogP contribution in [0, 0.1) is 0 Å². The molecule has 2 unspecified atom stereocenters. The van der Waals surface area contributed by atoms with Gasteiger partial charge in [-0.3, -0.25) is 9.59 Å². The topological polar surface area (TPSA) is 115 Å². The van der Waals surface area contributed by atoms with Gasteiger partial charge in [-0.25, -0.2) is 0 Å². The van der Waals surface area contributed by atoms with Crippen LogP contribution in [-0.2, 0) is 9.59 Å². The molecule has 0 fully saturated rings. The zero-order chi connectivity index (χ0) is 22.3. The van der Waals surface area contributed by atoms with E-state index in [0.29, 0.717) is 12.8 Å². The van der Waals surface area contributed by atoms with E-state index in [1.165, 1.54) is 57.8 Å². The summed E-state index contributed by atoms with van der Waals surface area (Å²) in [5.74, 6) is -1.83. The van der Waals surface area contributed by atoms with Gasteiger partial charge >= 0.3 is 11.9 Å². The molecule has 0 aromatic carbocycles. The molecule has 0 rings (SSSR count). The monoisotopic (exact) mass is 418 g/mol. The van der Waals surface area contributed by atoms with Gasteiger partial charge in [0, 0.05) is 0 Å². The van der Waals surface area contributed by atoms with Crippen molar-refractivity contribution in [3.8, 4) is 0 Å². The van der Waals surface area contributed by atoms with E-state index in [-0.39, 0.29) is 12.8 Å². The van der Waals surface area contributed by atoms with Gasteiger partial charge in [0.05, 0.1) is 25.0 Å². The molecule has 174 valence electrons. The minimum Gasteiger partial charge on any atom is -0.481 e. The van der Waals surface area contributed by atoms with Gasteiger partial charge in [0.2, 0.25) is 0 Å². The first-order valence-electron chi connectivity index (χ1n) is 11.6. The lowest BCUT2D eigenvalue weighted by molar-refractivity contribution is -0.140. The summed E-state index contributed by atoms with van der Waals surface area (Å²) in [6.45, 7) is 4.37. The lowest BCUT2D eigenvalue weighted by Gasteiger charge is -2.06. The van der Waals surface area contributed by atoms with E-state index in [2.05, 4.69) is 13.8 Å². The van der Waals surface area contributed by atoms with Crippen molar-refractivity contribution in [2.45, 2.75) is 135 Å². The summed E-state index contributed by atoms with van der Waals surface area (Å²) in [4.78, 5) is 20.5. The number of aliphatic hydroxyl groups excluding tert-OH is 2. The number of carboxylic acids is 2. The number of rotatable bonds is 19. The highest BCUT2D eigenvalue weighted by atomic mass is 16.4. The first-order valence-corrected chi connectivity index (χ1v) is 11.6. The summed E-state index contributed by atoms with van der Waals surface area (Å²) in [6, 6.07) is 0. The third kappa shape index (κ3) is 29.2. The van der Waals surface area contributed by atoms with Gasteiger partial charge in [-0.2, -0.15) is 0 Å². The van der Waals surface area contributed by atoms with Crippen LogP contribution in [-0.4, -0.2) is 44.6 Å². The van der Waals surface area contributed by atoms with Crippen LogP contribution < -0.4 is 0 Å². The SMILES string of the molecule is CCCCCCCCC(O)CC(=O)O.CCCCCCCCCC(O)CC(=O)O. The third-order valence-electron chi connectivity index (χ3n) is 4.85. The Hall–Kier alpha value is -1.14. The molecule has 0 aromatic heterocycles. The van der Waals surface area contributed by atoms with Crippen molar-refractivity contribution >= 4 is 11.9 Å². The lowest BCUT2D eigenvalue weighted by atomic mass is 10.1. The summed E-state index contributed by atoms with van der Waals surface area (Å²) < 4.78 is 0. The molecule has 0 bridgehead atoms. The van der Waals surface area contributed by atoms with E-state index in [1.807, 2.05) is 0 Å². The maximum Gasteiger partial charge on any atom is 0.305 e. The number of aliphatic carboxylic acids is 2. The molecule has 0 spiro atoms. The van der Waals surface area contributed by atoms with Crippen LogP contribution in [0.15, 0.2) is 0 Å². The largest absolute Gasteiger partial charge is 0.481 e. The van der Waals surface area contributed by atoms with Crippen LogP contribution in [0.25, 0.3) is 0 Å². The number of hydrogen-bond donors (Lipinski definition) is 4. The summed E-state index contributed by atoms with van der Waals surface area (Å²) in [5.41, 5.74) is 0. The van der Waals surface area contributed by atoms with E-state index in [0.717, 1.165) is 25.7 Å². The van der Waals surface area contributed by atoms with E-state index in [4.69, 9.17) is 10.2 Å². The molecule has 0 radical (unpaired) electrons. The van der Waals surface area contributed by atoms with Crippen LogP contribution in [0.2, 0.25) is 0 Å². The second-order valence-electron chi connectivity index (χ2n) is 7.97. The molecule has 4 N–H and O–H groups in total. The van der Waals surface area contributed by atoms with Crippen molar-refractivity contribution in [3.63, 3.8) is 0 Å². The highest BCUT2D eigenvalue weighted by molar-refractivity contribution is 5.67. The van der Waals surface area contributed by atoms with Crippen molar-refractivity contribution in [3.05, 3.63) is 0 Å². The first kappa shape index (κ1) is 30.1. The number of aliphatic hydroxyl groups is 2. The quantitative estimate of drug-likeness (QED) is 0.205. The van der Waals surface area contributed by atoms with Gasteiger partial charge in [-0.05, 0) is 12.8 Å². The van der Waals surface area contributed by atoms with Crippen molar-refractivity contribution in [1.29, 1.82) is 0 Å². The molecule has 0 saturated heterocycles. The Kier molecular flexibility index (Phi) is 24.0. The fourth-order valence-electron chi connectivity index (χ4n) is 3.10. The predicted octanol–water partition coefficient (Wildman–Crippen LogP) is 5.54. The van der Waals surface area contributed by atoms with Gasteiger partial charge in [0.1, 0.15) is 0 Å². The van der Waals surface area contributed by atoms with E-state index in [9.17, 15) is 19.8 Å². The molecule has 0 heterocycles. The number of carbonyl (C=O) groups is 2. The Morgan fingerprint density at radius 1 is 0.552 bits per heavy atom. The average molecular weight is 419 g/mol. The van der Waals surface area contributed by atoms with Crippen molar-refractivity contribution in [2.24, 2.45) is 0 Å². The van der Waals surface area contributed by atoms with Crippen LogP contribution >= 0.6 is 0 Å². The molecule has 0 aliphatic heterocycles. The molecule has 0 aliphatic carbocycles. The van der Waals surface area contributed by atoms with Crippen molar-refractivity contribution < 1.29 is 30.0 Å². The maximum atomic E-state index is 10.3. The van der Waals surface area contributed by atoms with Gasteiger partial charge < -0.3 is 20.4 Å². The van der Waals surface area contributed by atoms with Gasteiger partial charge in [-0.15, -0.1) is 0 Å². The minimum atomic E-state index is -0.913.